The summed E-state index contributed by atoms with van der Waals surface area (Å²) in [5, 5.41) is 3.46. The van der Waals surface area contributed by atoms with Crippen LogP contribution in [0.3, 0.4) is 0 Å². The quantitative estimate of drug-likeness (QED) is 0.549. The predicted molar refractivity (Wildman–Crippen MR) is 116 cm³/mol. The minimum Gasteiger partial charge on any atom is -0.496 e. The molecule has 2 aromatic carbocycles. The lowest BCUT2D eigenvalue weighted by molar-refractivity contribution is -0.137. The fourth-order valence-electron chi connectivity index (χ4n) is 4.16. The van der Waals surface area contributed by atoms with E-state index in [1.165, 1.54) is 0 Å². The summed E-state index contributed by atoms with van der Waals surface area (Å²) in [5.74, 6) is 0.120. The van der Waals surface area contributed by atoms with E-state index in [9.17, 15) is 18.0 Å². The third kappa shape index (κ3) is 5.45. The molecule has 4 nitrogen and oxygen atoms in total. The van der Waals surface area contributed by atoms with Gasteiger partial charge in [-0.25, -0.2) is 0 Å². The molecule has 1 aliphatic rings. The highest BCUT2D eigenvalue weighted by Crippen LogP contribution is 2.42. The number of aryl methyl sites for hydroxylation is 1. The monoisotopic (exact) mass is 454 g/mol. The standard InChI is InChI=1S/C23H26ClF3N2O2/c1-13-3-8-17(11-20(13)31-2)29-12-14-4-6-15(7-5-14)18-9-16(23(25,26)27)10-19(21(18)24)22(28)30/h3,8-11,14-15,29H,4-7,12H2,1-2H3,(H2,28,30). The van der Waals surface area contributed by atoms with E-state index in [4.69, 9.17) is 22.1 Å². The maximum Gasteiger partial charge on any atom is 0.416 e. The second-order valence-electron chi connectivity index (χ2n) is 8.07. The van der Waals surface area contributed by atoms with Gasteiger partial charge in [-0.1, -0.05) is 17.7 Å². The van der Waals surface area contributed by atoms with Gasteiger partial charge in [0.1, 0.15) is 5.75 Å². The molecule has 1 amide bonds. The minimum atomic E-state index is -4.57. The summed E-state index contributed by atoms with van der Waals surface area (Å²) in [6.45, 7) is 2.74. The Morgan fingerprint density at radius 2 is 1.87 bits per heavy atom. The molecule has 2 aromatic rings. The molecule has 1 saturated carbocycles. The van der Waals surface area contributed by atoms with E-state index in [0.29, 0.717) is 24.3 Å². The number of hydrogen-bond donors (Lipinski definition) is 2. The van der Waals surface area contributed by atoms with Crippen LogP contribution in [-0.4, -0.2) is 19.6 Å². The van der Waals surface area contributed by atoms with Gasteiger partial charge in [-0.15, -0.1) is 0 Å². The van der Waals surface area contributed by atoms with Gasteiger partial charge in [0.2, 0.25) is 5.91 Å². The zero-order valence-electron chi connectivity index (χ0n) is 17.5. The number of benzene rings is 2. The third-order valence-electron chi connectivity index (χ3n) is 5.98. The molecule has 0 spiro atoms. The Labute approximate surface area is 184 Å². The molecule has 0 heterocycles. The number of methoxy groups -OCH3 is 1. The molecule has 3 N–H and O–H groups in total. The van der Waals surface area contributed by atoms with Crippen molar-refractivity contribution in [3.8, 4) is 5.75 Å². The molecule has 0 unspecified atom stereocenters. The summed E-state index contributed by atoms with van der Waals surface area (Å²) in [4.78, 5) is 11.6. The van der Waals surface area contributed by atoms with Crippen molar-refractivity contribution in [3.63, 3.8) is 0 Å². The number of anilines is 1. The van der Waals surface area contributed by atoms with Crippen LogP contribution in [0.4, 0.5) is 18.9 Å². The first-order valence-corrected chi connectivity index (χ1v) is 10.6. The number of halogens is 4. The number of carbonyl (C=O) groups excluding carboxylic acids is 1. The maximum atomic E-state index is 13.3. The van der Waals surface area contributed by atoms with Crippen molar-refractivity contribution in [3.05, 3.63) is 57.6 Å². The van der Waals surface area contributed by atoms with Crippen molar-refractivity contribution in [2.75, 3.05) is 19.0 Å². The summed E-state index contributed by atoms with van der Waals surface area (Å²) in [7, 11) is 1.63. The highest BCUT2D eigenvalue weighted by atomic mass is 35.5. The summed E-state index contributed by atoms with van der Waals surface area (Å²) in [6.07, 6.45) is -1.48. The van der Waals surface area contributed by atoms with E-state index in [1.54, 1.807) is 7.11 Å². The average Bonchev–Trinajstić information content (AvgIpc) is 2.72. The normalized spacial score (nSPS) is 19.2. The Bertz CT molecular complexity index is 955. The number of rotatable bonds is 6. The van der Waals surface area contributed by atoms with E-state index in [-0.39, 0.29) is 16.5 Å². The molecule has 0 aromatic heterocycles. The van der Waals surface area contributed by atoms with E-state index in [2.05, 4.69) is 5.32 Å². The van der Waals surface area contributed by atoms with Gasteiger partial charge in [-0.3, -0.25) is 4.79 Å². The summed E-state index contributed by atoms with van der Waals surface area (Å²) in [5.41, 5.74) is 6.49. The second-order valence-corrected chi connectivity index (χ2v) is 8.45. The van der Waals surface area contributed by atoms with Crippen molar-refractivity contribution in [2.24, 2.45) is 11.7 Å². The molecule has 0 radical (unpaired) electrons. The fourth-order valence-corrected chi connectivity index (χ4v) is 4.51. The molecule has 1 aliphatic carbocycles. The van der Waals surface area contributed by atoms with E-state index in [1.807, 2.05) is 25.1 Å². The number of primary amides is 1. The molecular formula is C23H26ClF3N2O2. The molecule has 31 heavy (non-hydrogen) atoms. The number of nitrogens with one attached hydrogen (secondary N) is 1. The second kappa shape index (κ2) is 9.39. The lowest BCUT2D eigenvalue weighted by Gasteiger charge is -2.30. The Morgan fingerprint density at radius 1 is 1.19 bits per heavy atom. The van der Waals surface area contributed by atoms with Gasteiger partial charge in [0.15, 0.2) is 0 Å². The molecular weight excluding hydrogens is 429 g/mol. The third-order valence-corrected chi connectivity index (χ3v) is 6.40. The van der Waals surface area contributed by atoms with Gasteiger partial charge in [0.05, 0.1) is 23.3 Å². The van der Waals surface area contributed by atoms with E-state index < -0.39 is 17.6 Å². The van der Waals surface area contributed by atoms with Crippen LogP contribution >= 0.6 is 11.6 Å². The summed E-state index contributed by atoms with van der Waals surface area (Å²) in [6, 6.07) is 7.74. The van der Waals surface area contributed by atoms with Gasteiger partial charge < -0.3 is 15.8 Å². The zero-order chi connectivity index (χ0) is 22.8. The van der Waals surface area contributed by atoms with Crippen molar-refractivity contribution >= 4 is 23.2 Å². The lowest BCUT2D eigenvalue weighted by atomic mass is 9.78. The topological polar surface area (TPSA) is 64.3 Å². The first kappa shape index (κ1) is 23.3. The number of nitrogens with two attached hydrogens (primary N) is 1. The maximum absolute atomic E-state index is 13.3. The highest BCUT2D eigenvalue weighted by Gasteiger charge is 2.34. The van der Waals surface area contributed by atoms with Crippen LogP contribution in [0.25, 0.3) is 0 Å². The van der Waals surface area contributed by atoms with Crippen LogP contribution in [0.2, 0.25) is 5.02 Å². The van der Waals surface area contributed by atoms with Crippen LogP contribution in [0, 0.1) is 12.8 Å². The van der Waals surface area contributed by atoms with Crippen molar-refractivity contribution < 1.29 is 22.7 Å². The summed E-state index contributed by atoms with van der Waals surface area (Å²) < 4.78 is 45.2. The first-order valence-electron chi connectivity index (χ1n) is 10.2. The van der Waals surface area contributed by atoms with E-state index >= 15 is 0 Å². The molecule has 3 rings (SSSR count). The lowest BCUT2D eigenvalue weighted by Crippen LogP contribution is -2.22. The van der Waals surface area contributed by atoms with Crippen molar-refractivity contribution in [2.45, 2.75) is 44.7 Å². The molecule has 0 aliphatic heterocycles. The largest absolute Gasteiger partial charge is 0.496 e. The number of amides is 1. The summed E-state index contributed by atoms with van der Waals surface area (Å²) >= 11 is 6.29. The number of carbonyl (C=O) groups is 1. The Morgan fingerprint density at radius 3 is 2.45 bits per heavy atom. The molecule has 0 bridgehead atoms. The average molecular weight is 455 g/mol. The molecule has 8 heteroatoms. The smallest absolute Gasteiger partial charge is 0.416 e. The van der Waals surface area contributed by atoms with Crippen LogP contribution in [-0.2, 0) is 6.18 Å². The van der Waals surface area contributed by atoms with Gasteiger partial charge in [0, 0.05) is 18.3 Å². The van der Waals surface area contributed by atoms with Crippen LogP contribution in [0.5, 0.6) is 5.75 Å². The Balaban J connectivity index is 1.68. The number of hydrogen-bond acceptors (Lipinski definition) is 3. The Hall–Kier alpha value is -2.41. The number of ether oxygens (including phenoxy) is 1. The zero-order valence-corrected chi connectivity index (χ0v) is 18.2. The van der Waals surface area contributed by atoms with Crippen molar-refractivity contribution in [1.82, 2.24) is 0 Å². The fraction of sp³-hybridized carbons (Fsp3) is 0.435. The first-order chi connectivity index (χ1) is 14.6. The predicted octanol–water partition coefficient (Wildman–Crippen LogP) is 6.16. The van der Waals surface area contributed by atoms with Gasteiger partial charge >= 0.3 is 6.18 Å². The SMILES string of the molecule is COc1cc(NCC2CCC(c3cc(C(F)(F)F)cc(C(N)=O)c3Cl)CC2)ccc1C. The van der Waals surface area contributed by atoms with Gasteiger partial charge in [-0.05, 0) is 73.8 Å². The molecule has 1 fully saturated rings. The Kier molecular flexibility index (Phi) is 7.04. The molecule has 168 valence electrons. The van der Waals surface area contributed by atoms with Crippen LogP contribution in [0.1, 0.15) is 58.6 Å². The molecule has 0 saturated heterocycles. The van der Waals surface area contributed by atoms with Crippen molar-refractivity contribution in [1.29, 1.82) is 0 Å². The number of alkyl halides is 3. The van der Waals surface area contributed by atoms with Crippen LogP contribution < -0.4 is 15.8 Å². The minimum absolute atomic E-state index is 0.0359. The van der Waals surface area contributed by atoms with Gasteiger partial charge in [-0.2, -0.15) is 13.2 Å². The van der Waals surface area contributed by atoms with Gasteiger partial charge in [0.25, 0.3) is 0 Å². The molecule has 0 atom stereocenters. The van der Waals surface area contributed by atoms with Crippen LogP contribution in [0.15, 0.2) is 30.3 Å². The van der Waals surface area contributed by atoms with E-state index in [0.717, 1.165) is 48.5 Å². The highest BCUT2D eigenvalue weighted by molar-refractivity contribution is 6.34.